The third-order valence-corrected chi connectivity index (χ3v) is 3.74. The van der Waals surface area contributed by atoms with E-state index in [4.69, 9.17) is 4.74 Å². The summed E-state index contributed by atoms with van der Waals surface area (Å²) in [6, 6.07) is 8.63. The fourth-order valence-corrected chi connectivity index (χ4v) is 2.64. The second kappa shape index (κ2) is 5.70. The average Bonchev–Trinajstić information content (AvgIpc) is 2.53. The molecule has 0 aliphatic carbocycles. The zero-order valence-electron chi connectivity index (χ0n) is 11.8. The molecule has 1 atom stereocenters. The lowest BCUT2D eigenvalue weighted by Gasteiger charge is -2.27. The Kier molecular flexibility index (Phi) is 3.85. The molecule has 0 aromatic heterocycles. The van der Waals surface area contributed by atoms with Crippen LogP contribution >= 0.6 is 0 Å². The van der Waals surface area contributed by atoms with Crippen molar-refractivity contribution in [3.63, 3.8) is 0 Å². The minimum Gasteiger partial charge on any atom is -0.465 e. The first-order valence-electron chi connectivity index (χ1n) is 6.83. The Balaban J connectivity index is 2.14. The van der Waals surface area contributed by atoms with Crippen LogP contribution in [0.4, 0.5) is 17.6 Å². The summed E-state index contributed by atoms with van der Waals surface area (Å²) in [6.45, 7) is -0.377. The van der Waals surface area contributed by atoms with Crippen molar-refractivity contribution in [3.8, 4) is 5.75 Å². The molecule has 0 bridgehead atoms. The number of halogens is 4. The van der Waals surface area contributed by atoms with E-state index in [0.29, 0.717) is 11.1 Å². The summed E-state index contributed by atoms with van der Waals surface area (Å²) < 4.78 is 57.3. The second-order valence-corrected chi connectivity index (χ2v) is 5.20. The van der Waals surface area contributed by atoms with Gasteiger partial charge in [0.1, 0.15) is 11.6 Å². The summed E-state index contributed by atoms with van der Waals surface area (Å²) in [6.07, 6.45) is -3.16. The molecule has 1 N–H and O–H groups in total. The Hall–Kier alpha value is -2.34. The lowest BCUT2D eigenvalue weighted by molar-refractivity contribution is -0.137. The van der Waals surface area contributed by atoms with Crippen molar-refractivity contribution in [2.45, 2.75) is 12.1 Å². The minimum atomic E-state index is -4.48. The zero-order chi connectivity index (χ0) is 16.6. The summed E-state index contributed by atoms with van der Waals surface area (Å²) in [5, 5.41) is 9.49. The van der Waals surface area contributed by atoms with Gasteiger partial charge in [0, 0.05) is 17.1 Å². The van der Waals surface area contributed by atoms with Gasteiger partial charge in [0.25, 0.3) is 0 Å². The normalized spacial score (nSPS) is 17.3. The summed E-state index contributed by atoms with van der Waals surface area (Å²) in [7, 11) is 0. The molecule has 6 heteroatoms. The van der Waals surface area contributed by atoms with E-state index in [-0.39, 0.29) is 17.9 Å². The van der Waals surface area contributed by atoms with Crippen molar-refractivity contribution < 1.29 is 27.4 Å². The summed E-state index contributed by atoms with van der Waals surface area (Å²) in [5.74, 6) is -0.782. The molecule has 0 saturated carbocycles. The maximum atomic E-state index is 13.1. The van der Waals surface area contributed by atoms with Gasteiger partial charge in [-0.05, 0) is 35.9 Å². The highest BCUT2D eigenvalue weighted by Crippen LogP contribution is 2.43. The van der Waals surface area contributed by atoms with Gasteiger partial charge in [0.05, 0.1) is 18.4 Å². The zero-order valence-corrected chi connectivity index (χ0v) is 11.8. The summed E-state index contributed by atoms with van der Waals surface area (Å²) in [5.41, 5.74) is 0.475. The van der Waals surface area contributed by atoms with Crippen LogP contribution in [0.1, 0.15) is 22.6 Å². The van der Waals surface area contributed by atoms with Gasteiger partial charge in [-0.15, -0.1) is 0 Å². The lowest BCUT2D eigenvalue weighted by Crippen LogP contribution is -2.16. The molecule has 2 aromatic carbocycles. The number of benzene rings is 2. The number of aliphatic hydroxyl groups excluding tert-OH is 1. The van der Waals surface area contributed by atoms with Crippen LogP contribution in [0.15, 0.2) is 54.3 Å². The average molecular weight is 324 g/mol. The number of ether oxygens (including phenoxy) is 1. The van der Waals surface area contributed by atoms with Gasteiger partial charge in [0.2, 0.25) is 0 Å². The second-order valence-electron chi connectivity index (χ2n) is 5.20. The van der Waals surface area contributed by atoms with Crippen LogP contribution in [0, 0.1) is 5.82 Å². The molecule has 2 aromatic rings. The Bertz CT molecular complexity index is 748. The molecule has 1 heterocycles. The molecular formula is C17H12F4O2. The van der Waals surface area contributed by atoms with E-state index in [9.17, 15) is 22.7 Å². The Morgan fingerprint density at radius 2 is 1.74 bits per heavy atom. The molecule has 0 amide bonds. The van der Waals surface area contributed by atoms with Gasteiger partial charge in [-0.25, -0.2) is 4.39 Å². The molecule has 1 aliphatic heterocycles. The van der Waals surface area contributed by atoms with Gasteiger partial charge in [-0.2, -0.15) is 13.2 Å². The van der Waals surface area contributed by atoms with Crippen LogP contribution in [0.5, 0.6) is 5.75 Å². The SMILES string of the molecule is OCC1=COc2ccc(C(F)(F)F)cc2C1c1ccc(F)cc1. The first kappa shape index (κ1) is 15.6. The topological polar surface area (TPSA) is 29.5 Å². The van der Waals surface area contributed by atoms with Crippen LogP contribution in [0.25, 0.3) is 0 Å². The maximum absolute atomic E-state index is 13.1. The van der Waals surface area contributed by atoms with Gasteiger partial charge in [0.15, 0.2) is 0 Å². The van der Waals surface area contributed by atoms with Crippen LogP contribution < -0.4 is 4.74 Å². The van der Waals surface area contributed by atoms with Gasteiger partial charge in [-0.1, -0.05) is 12.1 Å². The Labute approximate surface area is 129 Å². The van der Waals surface area contributed by atoms with Crippen molar-refractivity contribution in [2.75, 3.05) is 6.61 Å². The smallest absolute Gasteiger partial charge is 0.416 e. The van der Waals surface area contributed by atoms with Gasteiger partial charge >= 0.3 is 6.18 Å². The van der Waals surface area contributed by atoms with E-state index >= 15 is 0 Å². The van der Waals surface area contributed by atoms with Crippen LogP contribution in [-0.4, -0.2) is 11.7 Å². The quantitative estimate of drug-likeness (QED) is 0.837. The molecule has 0 fully saturated rings. The molecule has 3 rings (SSSR count). The van der Waals surface area contributed by atoms with Crippen molar-refractivity contribution >= 4 is 0 Å². The summed E-state index contributed by atoms with van der Waals surface area (Å²) in [4.78, 5) is 0. The van der Waals surface area contributed by atoms with Crippen LogP contribution in [0.3, 0.4) is 0 Å². The van der Waals surface area contributed by atoms with E-state index in [1.165, 1.54) is 36.6 Å². The molecule has 0 saturated heterocycles. The highest BCUT2D eigenvalue weighted by atomic mass is 19.4. The lowest BCUT2D eigenvalue weighted by atomic mass is 9.83. The van der Waals surface area contributed by atoms with Crippen molar-refractivity contribution in [2.24, 2.45) is 0 Å². The molecule has 1 aliphatic rings. The first-order valence-corrected chi connectivity index (χ1v) is 6.83. The largest absolute Gasteiger partial charge is 0.465 e. The standard InChI is InChI=1S/C17H12F4O2/c18-13-4-1-10(2-5-13)16-11(8-22)9-23-15-6-3-12(7-14(15)16)17(19,20)21/h1-7,9,16,22H,8H2. The number of alkyl halides is 3. The van der Waals surface area contributed by atoms with Crippen LogP contribution in [-0.2, 0) is 6.18 Å². The summed E-state index contributed by atoms with van der Waals surface area (Å²) >= 11 is 0. The third-order valence-electron chi connectivity index (χ3n) is 3.74. The molecule has 0 spiro atoms. The molecule has 0 radical (unpaired) electrons. The highest BCUT2D eigenvalue weighted by molar-refractivity contribution is 5.52. The maximum Gasteiger partial charge on any atom is 0.416 e. The van der Waals surface area contributed by atoms with E-state index < -0.39 is 23.5 Å². The fraction of sp³-hybridized carbons (Fsp3) is 0.176. The molecule has 2 nitrogen and oxygen atoms in total. The molecule has 120 valence electrons. The molecule has 23 heavy (non-hydrogen) atoms. The van der Waals surface area contributed by atoms with Crippen molar-refractivity contribution in [1.82, 2.24) is 0 Å². The number of fused-ring (bicyclic) bond motifs is 1. The van der Waals surface area contributed by atoms with E-state index in [0.717, 1.165) is 12.1 Å². The Morgan fingerprint density at radius 3 is 2.35 bits per heavy atom. The number of hydrogen-bond donors (Lipinski definition) is 1. The fourth-order valence-electron chi connectivity index (χ4n) is 2.64. The van der Waals surface area contributed by atoms with E-state index in [1.54, 1.807) is 0 Å². The van der Waals surface area contributed by atoms with E-state index in [2.05, 4.69) is 0 Å². The number of hydrogen-bond acceptors (Lipinski definition) is 2. The number of rotatable bonds is 2. The third kappa shape index (κ3) is 2.94. The first-order chi connectivity index (χ1) is 10.9. The van der Waals surface area contributed by atoms with Gasteiger partial charge < -0.3 is 9.84 Å². The van der Waals surface area contributed by atoms with Gasteiger partial charge in [-0.3, -0.25) is 0 Å². The van der Waals surface area contributed by atoms with E-state index in [1.807, 2.05) is 0 Å². The number of aliphatic hydroxyl groups is 1. The van der Waals surface area contributed by atoms with Crippen molar-refractivity contribution in [1.29, 1.82) is 0 Å². The predicted molar refractivity (Wildman–Crippen MR) is 75.5 cm³/mol. The van der Waals surface area contributed by atoms with Crippen molar-refractivity contribution in [3.05, 3.63) is 76.8 Å². The highest BCUT2D eigenvalue weighted by Gasteiger charge is 2.34. The predicted octanol–water partition coefficient (Wildman–Crippen LogP) is 4.25. The molecule has 1 unspecified atom stereocenters. The monoisotopic (exact) mass is 324 g/mol. The molecular weight excluding hydrogens is 312 g/mol. The Morgan fingerprint density at radius 1 is 1.04 bits per heavy atom. The van der Waals surface area contributed by atoms with Crippen LogP contribution in [0.2, 0.25) is 0 Å². The minimum absolute atomic E-state index is 0.282.